The second-order valence-corrected chi connectivity index (χ2v) is 7.03. The fourth-order valence-corrected chi connectivity index (χ4v) is 2.65. The number of carbonyl (C=O) groups is 2. The summed E-state index contributed by atoms with van der Waals surface area (Å²) in [5.74, 6) is -0.515. The number of nitrogens with one attached hydrogen (secondary N) is 1. The molecule has 1 aromatic carbocycles. The van der Waals surface area contributed by atoms with E-state index in [1.807, 2.05) is 0 Å². The molecule has 132 valence electrons. The molecule has 2 rings (SSSR count). The van der Waals surface area contributed by atoms with E-state index in [-0.39, 0.29) is 11.7 Å². The van der Waals surface area contributed by atoms with Gasteiger partial charge in [0.15, 0.2) is 0 Å². The first-order chi connectivity index (χ1) is 11.3. The molecule has 1 aliphatic rings. The summed E-state index contributed by atoms with van der Waals surface area (Å²) in [6, 6.07) is 5.45. The van der Waals surface area contributed by atoms with Crippen molar-refractivity contribution in [3.63, 3.8) is 0 Å². The molecule has 0 radical (unpaired) electrons. The standard InChI is InChI=1S/C18H25FN2O3/c1-18(2,3)24-17(23)21-11-5-4-6-15(21)16(22)20-12-13-7-9-14(19)10-8-13/h7-10,15H,4-6,11-12H2,1-3H3,(H,20,22)/t15-/m0/s1. The van der Waals surface area contributed by atoms with Gasteiger partial charge in [-0.3, -0.25) is 9.69 Å². The fraction of sp³-hybridized carbons (Fsp3) is 0.556. The molecule has 1 aliphatic heterocycles. The van der Waals surface area contributed by atoms with Crippen LogP contribution in [0.1, 0.15) is 45.6 Å². The molecule has 1 N–H and O–H groups in total. The van der Waals surface area contributed by atoms with Gasteiger partial charge in [0.1, 0.15) is 17.5 Å². The Morgan fingerprint density at radius 2 is 1.92 bits per heavy atom. The Morgan fingerprint density at radius 1 is 1.25 bits per heavy atom. The van der Waals surface area contributed by atoms with Gasteiger partial charge < -0.3 is 10.1 Å². The van der Waals surface area contributed by atoms with Crippen LogP contribution < -0.4 is 5.32 Å². The van der Waals surface area contributed by atoms with Gasteiger partial charge in [-0.05, 0) is 57.7 Å². The van der Waals surface area contributed by atoms with E-state index in [4.69, 9.17) is 4.74 Å². The maximum atomic E-state index is 12.9. The van der Waals surface area contributed by atoms with Gasteiger partial charge >= 0.3 is 6.09 Å². The normalized spacial score (nSPS) is 18.2. The molecule has 6 heteroatoms. The summed E-state index contributed by atoms with van der Waals surface area (Å²) in [7, 11) is 0. The topological polar surface area (TPSA) is 58.6 Å². The number of halogens is 1. The molecule has 0 spiro atoms. The van der Waals surface area contributed by atoms with Gasteiger partial charge in [-0.1, -0.05) is 12.1 Å². The van der Waals surface area contributed by atoms with Crippen molar-refractivity contribution in [3.8, 4) is 0 Å². The number of amides is 2. The number of ether oxygens (including phenoxy) is 1. The molecule has 0 aliphatic carbocycles. The molecular formula is C18H25FN2O3. The van der Waals surface area contributed by atoms with Crippen LogP contribution in [-0.4, -0.2) is 35.1 Å². The van der Waals surface area contributed by atoms with Gasteiger partial charge in [0.05, 0.1) is 0 Å². The molecule has 5 nitrogen and oxygen atoms in total. The first-order valence-electron chi connectivity index (χ1n) is 8.28. The van der Waals surface area contributed by atoms with Crippen molar-refractivity contribution in [3.05, 3.63) is 35.6 Å². The molecule has 1 heterocycles. The Kier molecular flexibility index (Phi) is 5.80. The molecular weight excluding hydrogens is 311 g/mol. The number of likely N-dealkylation sites (tertiary alicyclic amines) is 1. The lowest BCUT2D eigenvalue weighted by atomic mass is 10.0. The summed E-state index contributed by atoms with van der Waals surface area (Å²) in [5, 5.41) is 2.82. The van der Waals surface area contributed by atoms with Crippen LogP contribution in [0.25, 0.3) is 0 Å². The van der Waals surface area contributed by atoms with Crippen LogP contribution in [0.5, 0.6) is 0 Å². The van der Waals surface area contributed by atoms with Gasteiger partial charge in [-0.15, -0.1) is 0 Å². The largest absolute Gasteiger partial charge is 0.444 e. The predicted molar refractivity (Wildman–Crippen MR) is 88.8 cm³/mol. The average molecular weight is 336 g/mol. The lowest BCUT2D eigenvalue weighted by molar-refractivity contribution is -0.127. The van der Waals surface area contributed by atoms with Crippen molar-refractivity contribution in [2.45, 2.75) is 58.2 Å². The van der Waals surface area contributed by atoms with Crippen LogP contribution in [-0.2, 0) is 16.1 Å². The smallest absolute Gasteiger partial charge is 0.410 e. The molecule has 0 saturated carbocycles. The van der Waals surface area contributed by atoms with E-state index in [1.54, 1.807) is 32.9 Å². The average Bonchev–Trinajstić information content (AvgIpc) is 2.52. The third kappa shape index (κ3) is 5.22. The lowest BCUT2D eigenvalue weighted by Gasteiger charge is -2.35. The number of piperidine rings is 1. The molecule has 1 aromatic rings. The number of benzene rings is 1. The minimum absolute atomic E-state index is 0.204. The van der Waals surface area contributed by atoms with E-state index in [1.165, 1.54) is 17.0 Å². The Morgan fingerprint density at radius 3 is 2.54 bits per heavy atom. The number of hydrogen-bond acceptors (Lipinski definition) is 3. The van der Waals surface area contributed by atoms with Gasteiger partial charge in [0.25, 0.3) is 0 Å². The van der Waals surface area contributed by atoms with Crippen LogP contribution in [0.15, 0.2) is 24.3 Å². The minimum atomic E-state index is -0.594. The third-order valence-electron chi connectivity index (χ3n) is 3.81. The summed E-state index contributed by atoms with van der Waals surface area (Å²) in [4.78, 5) is 26.3. The maximum absolute atomic E-state index is 12.9. The highest BCUT2D eigenvalue weighted by Gasteiger charge is 2.34. The zero-order valence-corrected chi connectivity index (χ0v) is 14.5. The van der Waals surface area contributed by atoms with E-state index in [9.17, 15) is 14.0 Å². The minimum Gasteiger partial charge on any atom is -0.444 e. The quantitative estimate of drug-likeness (QED) is 0.922. The van der Waals surface area contributed by atoms with Gasteiger partial charge in [0, 0.05) is 13.1 Å². The predicted octanol–water partition coefficient (Wildman–Crippen LogP) is 3.23. The van der Waals surface area contributed by atoms with Crippen molar-refractivity contribution in [1.29, 1.82) is 0 Å². The van der Waals surface area contributed by atoms with E-state index < -0.39 is 17.7 Å². The second kappa shape index (κ2) is 7.64. The summed E-state index contributed by atoms with van der Waals surface area (Å²) in [6.45, 7) is 6.23. The number of rotatable bonds is 3. The van der Waals surface area contributed by atoms with E-state index in [0.717, 1.165) is 18.4 Å². The Balaban J connectivity index is 1.97. The maximum Gasteiger partial charge on any atom is 0.410 e. The van der Waals surface area contributed by atoms with Crippen molar-refractivity contribution in [2.75, 3.05) is 6.54 Å². The van der Waals surface area contributed by atoms with Crippen molar-refractivity contribution >= 4 is 12.0 Å². The Hall–Kier alpha value is -2.11. The summed E-state index contributed by atoms with van der Waals surface area (Å²) in [6.07, 6.45) is 1.92. The molecule has 1 fully saturated rings. The van der Waals surface area contributed by atoms with Crippen LogP contribution in [0.2, 0.25) is 0 Å². The fourth-order valence-electron chi connectivity index (χ4n) is 2.65. The van der Waals surface area contributed by atoms with E-state index in [0.29, 0.717) is 19.5 Å². The van der Waals surface area contributed by atoms with Gasteiger partial charge in [0.2, 0.25) is 5.91 Å². The van der Waals surface area contributed by atoms with Crippen molar-refractivity contribution in [2.24, 2.45) is 0 Å². The van der Waals surface area contributed by atoms with Gasteiger partial charge in [-0.25, -0.2) is 9.18 Å². The highest BCUT2D eigenvalue weighted by molar-refractivity contribution is 5.85. The second-order valence-electron chi connectivity index (χ2n) is 7.03. The monoisotopic (exact) mass is 336 g/mol. The number of nitrogens with zero attached hydrogens (tertiary/aromatic N) is 1. The zero-order valence-electron chi connectivity index (χ0n) is 14.5. The van der Waals surface area contributed by atoms with Gasteiger partial charge in [-0.2, -0.15) is 0 Å². The molecule has 0 bridgehead atoms. The lowest BCUT2D eigenvalue weighted by Crippen LogP contribution is -2.52. The van der Waals surface area contributed by atoms with Crippen LogP contribution >= 0.6 is 0 Å². The Bertz CT molecular complexity index is 581. The molecule has 2 amide bonds. The molecule has 0 aromatic heterocycles. The van der Waals surface area contributed by atoms with Crippen molar-refractivity contribution in [1.82, 2.24) is 10.2 Å². The summed E-state index contributed by atoms with van der Waals surface area (Å²) >= 11 is 0. The third-order valence-corrected chi connectivity index (χ3v) is 3.81. The number of carbonyl (C=O) groups excluding carboxylic acids is 2. The summed E-state index contributed by atoms with van der Waals surface area (Å²) < 4.78 is 18.3. The number of hydrogen-bond donors (Lipinski definition) is 1. The van der Waals surface area contributed by atoms with E-state index in [2.05, 4.69) is 5.32 Å². The molecule has 1 atom stereocenters. The van der Waals surface area contributed by atoms with Crippen LogP contribution in [0, 0.1) is 5.82 Å². The zero-order chi connectivity index (χ0) is 17.7. The highest BCUT2D eigenvalue weighted by Crippen LogP contribution is 2.20. The van der Waals surface area contributed by atoms with Crippen LogP contribution in [0.3, 0.4) is 0 Å². The van der Waals surface area contributed by atoms with Crippen molar-refractivity contribution < 1.29 is 18.7 Å². The highest BCUT2D eigenvalue weighted by atomic mass is 19.1. The molecule has 1 saturated heterocycles. The van der Waals surface area contributed by atoms with E-state index >= 15 is 0 Å². The SMILES string of the molecule is CC(C)(C)OC(=O)N1CCCC[C@H]1C(=O)NCc1ccc(F)cc1. The van der Waals surface area contributed by atoms with Crippen LogP contribution in [0.4, 0.5) is 9.18 Å². The molecule has 0 unspecified atom stereocenters. The first-order valence-corrected chi connectivity index (χ1v) is 8.28. The Labute approximate surface area is 142 Å². The molecule has 24 heavy (non-hydrogen) atoms. The summed E-state index contributed by atoms with van der Waals surface area (Å²) in [5.41, 5.74) is 0.216. The first kappa shape index (κ1) is 18.2.